The normalized spacial score (nSPS) is 15.1. The molecule has 1 heterocycles. The van der Waals surface area contributed by atoms with Gasteiger partial charge < -0.3 is 4.42 Å². The largest absolute Gasteiger partial charge is 0.456 e. The van der Waals surface area contributed by atoms with E-state index >= 15 is 0 Å². The Labute approximate surface area is 143 Å². The fraction of sp³-hybridized carbons (Fsp3) is 0.143. The highest BCUT2D eigenvalue weighted by atomic mass is 79.9. The van der Waals surface area contributed by atoms with Crippen molar-refractivity contribution < 1.29 is 4.42 Å². The van der Waals surface area contributed by atoms with Crippen LogP contribution in [0.15, 0.2) is 63.5 Å². The van der Waals surface area contributed by atoms with Crippen LogP contribution in [0.1, 0.15) is 25.0 Å². The number of rotatable bonds is 0. The summed E-state index contributed by atoms with van der Waals surface area (Å²) in [6.45, 7) is 4.62. The standard InChI is InChI=1S/C21H15BrO/c1-21(2)14-9-5-3-7-12(14)18-15(22)11-17-19(20(18)21)13-8-4-6-10-16(13)23-17/h3-11H,1-2H3. The lowest BCUT2D eigenvalue weighted by molar-refractivity contribution is 0.656. The van der Waals surface area contributed by atoms with Crippen molar-refractivity contribution in [2.24, 2.45) is 0 Å². The SMILES string of the molecule is CC1(C)c2ccccc2-c2c(Br)cc3oc4ccccc4c3c21. The van der Waals surface area contributed by atoms with Crippen LogP contribution in [-0.4, -0.2) is 0 Å². The Morgan fingerprint density at radius 2 is 1.65 bits per heavy atom. The van der Waals surface area contributed by atoms with Gasteiger partial charge in [0.15, 0.2) is 0 Å². The summed E-state index contributed by atoms with van der Waals surface area (Å²) in [5.41, 5.74) is 7.26. The van der Waals surface area contributed by atoms with Gasteiger partial charge in [0.1, 0.15) is 11.2 Å². The molecule has 0 radical (unpaired) electrons. The Balaban J connectivity index is 2.07. The van der Waals surface area contributed by atoms with E-state index in [1.54, 1.807) is 0 Å². The maximum absolute atomic E-state index is 6.12. The van der Waals surface area contributed by atoms with Crippen LogP contribution in [-0.2, 0) is 5.41 Å². The highest BCUT2D eigenvalue weighted by molar-refractivity contribution is 9.10. The molecular formula is C21H15BrO. The molecule has 5 rings (SSSR count). The fourth-order valence-electron chi connectivity index (χ4n) is 4.12. The van der Waals surface area contributed by atoms with Gasteiger partial charge in [-0.15, -0.1) is 0 Å². The minimum Gasteiger partial charge on any atom is -0.456 e. The van der Waals surface area contributed by atoms with Gasteiger partial charge in [0.2, 0.25) is 0 Å². The van der Waals surface area contributed by atoms with Crippen molar-refractivity contribution in [3.05, 3.63) is 70.2 Å². The van der Waals surface area contributed by atoms with Crippen molar-refractivity contribution >= 4 is 37.9 Å². The lowest BCUT2D eigenvalue weighted by Crippen LogP contribution is -2.15. The molecule has 0 spiro atoms. The van der Waals surface area contributed by atoms with E-state index in [9.17, 15) is 0 Å². The number of halogens is 1. The molecule has 2 heteroatoms. The van der Waals surface area contributed by atoms with Crippen molar-refractivity contribution in [1.29, 1.82) is 0 Å². The molecule has 0 unspecified atom stereocenters. The van der Waals surface area contributed by atoms with Gasteiger partial charge in [0, 0.05) is 26.2 Å². The lowest BCUT2D eigenvalue weighted by Gasteiger charge is -2.22. The van der Waals surface area contributed by atoms with Crippen LogP contribution < -0.4 is 0 Å². The van der Waals surface area contributed by atoms with Gasteiger partial charge in [0.05, 0.1) is 0 Å². The first kappa shape index (κ1) is 13.4. The van der Waals surface area contributed by atoms with Crippen molar-refractivity contribution in [3.8, 4) is 11.1 Å². The van der Waals surface area contributed by atoms with Gasteiger partial charge in [-0.05, 0) is 28.8 Å². The number of benzene rings is 3. The second-order valence-corrected chi connectivity index (χ2v) is 7.60. The van der Waals surface area contributed by atoms with Gasteiger partial charge in [0.25, 0.3) is 0 Å². The van der Waals surface area contributed by atoms with Crippen LogP contribution in [0.4, 0.5) is 0 Å². The molecule has 1 aliphatic carbocycles. The first-order valence-electron chi connectivity index (χ1n) is 7.83. The maximum Gasteiger partial charge on any atom is 0.136 e. The third kappa shape index (κ3) is 1.57. The summed E-state index contributed by atoms with van der Waals surface area (Å²) in [4.78, 5) is 0. The van der Waals surface area contributed by atoms with E-state index < -0.39 is 0 Å². The second kappa shape index (κ2) is 4.27. The van der Waals surface area contributed by atoms with Crippen LogP contribution in [0, 0.1) is 0 Å². The van der Waals surface area contributed by atoms with Crippen LogP contribution in [0.5, 0.6) is 0 Å². The number of hydrogen-bond donors (Lipinski definition) is 0. The quantitative estimate of drug-likeness (QED) is 0.341. The molecule has 0 aliphatic heterocycles. The van der Waals surface area contributed by atoms with E-state index in [0.29, 0.717) is 0 Å². The maximum atomic E-state index is 6.12. The molecule has 0 saturated heterocycles. The monoisotopic (exact) mass is 362 g/mol. The zero-order chi connectivity index (χ0) is 15.8. The van der Waals surface area contributed by atoms with E-state index in [-0.39, 0.29) is 5.41 Å². The molecule has 0 saturated carbocycles. The molecule has 23 heavy (non-hydrogen) atoms. The average Bonchev–Trinajstić information content (AvgIpc) is 3.01. The Bertz CT molecular complexity index is 1100. The summed E-state index contributed by atoms with van der Waals surface area (Å²) in [5, 5.41) is 2.45. The Hall–Kier alpha value is -2.06. The summed E-state index contributed by atoms with van der Waals surface area (Å²) < 4.78 is 7.23. The molecule has 4 aromatic rings. The van der Waals surface area contributed by atoms with Gasteiger partial charge in [-0.25, -0.2) is 0 Å². The van der Waals surface area contributed by atoms with E-state index in [0.717, 1.165) is 15.6 Å². The molecule has 112 valence electrons. The van der Waals surface area contributed by atoms with Gasteiger partial charge in [-0.3, -0.25) is 0 Å². The zero-order valence-electron chi connectivity index (χ0n) is 13.0. The van der Waals surface area contributed by atoms with E-state index in [4.69, 9.17) is 4.42 Å². The topological polar surface area (TPSA) is 13.1 Å². The third-order valence-electron chi connectivity index (χ3n) is 5.11. The molecule has 0 fully saturated rings. The summed E-state index contributed by atoms with van der Waals surface area (Å²) in [6, 6.07) is 19.2. The molecule has 1 aliphatic rings. The number of hydrogen-bond acceptors (Lipinski definition) is 1. The number of fused-ring (bicyclic) bond motifs is 7. The summed E-state index contributed by atoms with van der Waals surface area (Å²) in [6.07, 6.45) is 0. The molecule has 0 N–H and O–H groups in total. The van der Waals surface area contributed by atoms with Gasteiger partial charge in [-0.1, -0.05) is 72.2 Å². The Morgan fingerprint density at radius 3 is 2.52 bits per heavy atom. The minimum absolute atomic E-state index is 0.0411. The highest BCUT2D eigenvalue weighted by Crippen LogP contribution is 2.55. The molecule has 0 atom stereocenters. The number of para-hydroxylation sites is 1. The Kier molecular flexibility index (Phi) is 2.48. The molecule has 3 aromatic carbocycles. The highest BCUT2D eigenvalue weighted by Gasteiger charge is 2.39. The molecular weight excluding hydrogens is 348 g/mol. The van der Waals surface area contributed by atoms with Crippen LogP contribution in [0.2, 0.25) is 0 Å². The predicted molar refractivity (Wildman–Crippen MR) is 99.0 cm³/mol. The van der Waals surface area contributed by atoms with Crippen molar-refractivity contribution in [2.75, 3.05) is 0 Å². The summed E-state index contributed by atoms with van der Waals surface area (Å²) in [7, 11) is 0. The molecule has 1 aromatic heterocycles. The van der Waals surface area contributed by atoms with E-state index in [1.165, 1.54) is 33.0 Å². The molecule has 0 bridgehead atoms. The van der Waals surface area contributed by atoms with Crippen LogP contribution in [0.3, 0.4) is 0 Å². The van der Waals surface area contributed by atoms with Gasteiger partial charge in [-0.2, -0.15) is 0 Å². The summed E-state index contributed by atoms with van der Waals surface area (Å²) in [5.74, 6) is 0. The van der Waals surface area contributed by atoms with Crippen molar-refractivity contribution in [3.63, 3.8) is 0 Å². The fourth-order valence-corrected chi connectivity index (χ4v) is 4.74. The van der Waals surface area contributed by atoms with Crippen LogP contribution >= 0.6 is 15.9 Å². The number of furan rings is 1. The molecule has 1 nitrogen and oxygen atoms in total. The zero-order valence-corrected chi connectivity index (χ0v) is 14.6. The smallest absolute Gasteiger partial charge is 0.136 e. The first-order chi connectivity index (χ1) is 11.1. The van der Waals surface area contributed by atoms with Crippen molar-refractivity contribution in [2.45, 2.75) is 19.3 Å². The Morgan fingerprint density at radius 1 is 0.913 bits per heavy atom. The predicted octanol–water partition coefficient (Wildman–Crippen LogP) is 6.65. The van der Waals surface area contributed by atoms with Gasteiger partial charge >= 0.3 is 0 Å². The molecule has 0 amide bonds. The lowest BCUT2D eigenvalue weighted by atomic mass is 9.80. The van der Waals surface area contributed by atoms with E-state index in [2.05, 4.69) is 72.2 Å². The minimum atomic E-state index is -0.0411. The van der Waals surface area contributed by atoms with Crippen LogP contribution in [0.25, 0.3) is 33.1 Å². The average molecular weight is 363 g/mol. The van der Waals surface area contributed by atoms with E-state index in [1.807, 2.05) is 12.1 Å². The summed E-state index contributed by atoms with van der Waals surface area (Å²) >= 11 is 3.79. The second-order valence-electron chi connectivity index (χ2n) is 6.75. The third-order valence-corrected chi connectivity index (χ3v) is 5.74. The first-order valence-corrected chi connectivity index (χ1v) is 8.62. The van der Waals surface area contributed by atoms with Crippen molar-refractivity contribution in [1.82, 2.24) is 0 Å².